The summed E-state index contributed by atoms with van der Waals surface area (Å²) in [7, 11) is 1.52. The van der Waals surface area contributed by atoms with Crippen LogP contribution in [-0.4, -0.2) is 13.3 Å². The van der Waals surface area contributed by atoms with Crippen LogP contribution in [0.15, 0.2) is 5.16 Å². The second-order valence-electron chi connectivity index (χ2n) is 2.77. The molecule has 1 aliphatic carbocycles. The topological polar surface area (TPSA) is 45.4 Å². The molecule has 0 aliphatic heterocycles. The van der Waals surface area contributed by atoms with E-state index < -0.39 is 0 Å². The maximum Gasteiger partial charge on any atom is 0.106 e. The summed E-state index contributed by atoms with van der Waals surface area (Å²) < 4.78 is 0. The summed E-state index contributed by atoms with van der Waals surface area (Å²) in [5.41, 5.74) is 0. The van der Waals surface area contributed by atoms with Crippen LogP contribution in [0, 0.1) is 23.2 Å². The van der Waals surface area contributed by atoms with Gasteiger partial charge in [0, 0.05) is 12.1 Å². The molecule has 0 aromatic carbocycles. The summed E-state index contributed by atoms with van der Waals surface area (Å²) in [5.74, 6) is 0.480. The molecule has 1 rings (SSSR count). The van der Waals surface area contributed by atoms with Crippen LogP contribution in [0.3, 0.4) is 0 Å². The van der Waals surface area contributed by atoms with Gasteiger partial charge in [-0.2, -0.15) is 5.26 Å². The monoisotopic (exact) mass is 152 g/mol. The summed E-state index contributed by atoms with van der Waals surface area (Å²) in [6.07, 6.45) is 4.97. The van der Waals surface area contributed by atoms with Gasteiger partial charge < -0.3 is 4.84 Å². The van der Waals surface area contributed by atoms with Gasteiger partial charge in [-0.1, -0.05) is 11.6 Å². The minimum absolute atomic E-state index is 0.161. The number of hydrogen-bond acceptors (Lipinski definition) is 3. The summed E-state index contributed by atoms with van der Waals surface area (Å²) in [6, 6.07) is 2.28. The highest BCUT2D eigenvalue weighted by Gasteiger charge is 2.25. The van der Waals surface area contributed by atoms with E-state index in [0.717, 1.165) is 19.3 Å². The lowest BCUT2D eigenvalue weighted by Crippen LogP contribution is -2.06. The van der Waals surface area contributed by atoms with Crippen molar-refractivity contribution < 1.29 is 4.84 Å². The maximum atomic E-state index is 8.68. The average molecular weight is 152 g/mol. The maximum absolute atomic E-state index is 8.68. The molecule has 1 fully saturated rings. The van der Waals surface area contributed by atoms with E-state index in [9.17, 15) is 0 Å². The summed E-state index contributed by atoms with van der Waals surface area (Å²) in [6.45, 7) is 0. The highest BCUT2D eigenvalue weighted by Crippen LogP contribution is 2.29. The third-order valence-electron chi connectivity index (χ3n) is 2.09. The molecule has 0 heterocycles. The predicted molar refractivity (Wildman–Crippen MR) is 41.9 cm³/mol. The van der Waals surface area contributed by atoms with E-state index in [1.807, 2.05) is 0 Å². The quantitative estimate of drug-likeness (QED) is 0.445. The number of rotatable bonds is 2. The summed E-state index contributed by atoms with van der Waals surface area (Å²) >= 11 is 0. The first kappa shape index (κ1) is 8.06. The van der Waals surface area contributed by atoms with E-state index in [4.69, 9.17) is 5.26 Å². The van der Waals surface area contributed by atoms with Gasteiger partial charge in [0.05, 0.1) is 12.0 Å². The normalized spacial score (nSPS) is 30.5. The second kappa shape index (κ2) is 3.97. The number of nitriles is 1. The van der Waals surface area contributed by atoms with Crippen molar-refractivity contribution in [2.24, 2.45) is 17.0 Å². The fraction of sp³-hybridized carbons (Fsp3) is 0.750. The summed E-state index contributed by atoms with van der Waals surface area (Å²) in [4.78, 5) is 4.56. The van der Waals surface area contributed by atoms with Gasteiger partial charge in [0.2, 0.25) is 0 Å². The highest BCUT2D eigenvalue weighted by atomic mass is 16.6. The zero-order valence-corrected chi connectivity index (χ0v) is 6.66. The molecule has 0 saturated heterocycles. The van der Waals surface area contributed by atoms with Crippen molar-refractivity contribution in [3.8, 4) is 6.07 Å². The van der Waals surface area contributed by atoms with Gasteiger partial charge in [-0.05, 0) is 12.8 Å². The van der Waals surface area contributed by atoms with Gasteiger partial charge in [0.1, 0.15) is 7.11 Å². The van der Waals surface area contributed by atoms with Crippen molar-refractivity contribution in [3.05, 3.63) is 0 Å². The van der Waals surface area contributed by atoms with Crippen LogP contribution in [0.25, 0.3) is 0 Å². The van der Waals surface area contributed by atoms with Gasteiger partial charge in [-0.3, -0.25) is 0 Å². The SMILES string of the molecule is CON=CC1CCCC1C#N. The zero-order chi connectivity index (χ0) is 8.10. The molecule has 3 heteroatoms. The Bertz CT molecular complexity index is 183. The third kappa shape index (κ3) is 1.94. The molecule has 0 spiro atoms. The Morgan fingerprint density at radius 2 is 2.45 bits per heavy atom. The highest BCUT2D eigenvalue weighted by molar-refractivity contribution is 5.61. The van der Waals surface area contributed by atoms with Crippen LogP contribution in [0.1, 0.15) is 19.3 Å². The van der Waals surface area contributed by atoms with E-state index in [0.29, 0.717) is 5.92 Å². The first-order chi connectivity index (χ1) is 5.38. The molecule has 0 N–H and O–H groups in total. The molecule has 3 nitrogen and oxygen atoms in total. The molecular weight excluding hydrogens is 140 g/mol. The molecule has 2 unspecified atom stereocenters. The molecule has 0 aromatic heterocycles. The van der Waals surface area contributed by atoms with Crippen LogP contribution < -0.4 is 0 Å². The van der Waals surface area contributed by atoms with Crippen molar-refractivity contribution in [1.29, 1.82) is 5.26 Å². The van der Waals surface area contributed by atoms with Gasteiger partial charge >= 0.3 is 0 Å². The third-order valence-corrected chi connectivity index (χ3v) is 2.09. The lowest BCUT2D eigenvalue weighted by atomic mass is 9.99. The number of hydrogen-bond donors (Lipinski definition) is 0. The second-order valence-corrected chi connectivity index (χ2v) is 2.77. The van der Waals surface area contributed by atoms with Crippen LogP contribution in [-0.2, 0) is 4.84 Å². The largest absolute Gasteiger partial charge is 0.399 e. The molecule has 60 valence electrons. The molecule has 1 aliphatic rings. The van der Waals surface area contributed by atoms with Crippen molar-refractivity contribution >= 4 is 6.21 Å². The molecule has 11 heavy (non-hydrogen) atoms. The molecule has 0 amide bonds. The van der Waals surface area contributed by atoms with Crippen molar-refractivity contribution in [2.45, 2.75) is 19.3 Å². The molecular formula is C8H12N2O. The Morgan fingerprint density at radius 1 is 1.64 bits per heavy atom. The average Bonchev–Trinajstić information content (AvgIpc) is 2.47. The van der Waals surface area contributed by atoms with Gasteiger partial charge in [-0.15, -0.1) is 0 Å². The van der Waals surface area contributed by atoms with E-state index >= 15 is 0 Å². The van der Waals surface area contributed by atoms with Gasteiger partial charge in [0.25, 0.3) is 0 Å². The van der Waals surface area contributed by atoms with Crippen molar-refractivity contribution in [2.75, 3.05) is 7.11 Å². The van der Waals surface area contributed by atoms with Gasteiger partial charge in [-0.25, -0.2) is 0 Å². The fourth-order valence-corrected chi connectivity index (χ4v) is 1.47. The lowest BCUT2D eigenvalue weighted by molar-refractivity contribution is 0.213. The Kier molecular flexibility index (Phi) is 2.91. The fourth-order valence-electron chi connectivity index (χ4n) is 1.47. The molecule has 0 aromatic rings. The predicted octanol–water partition coefficient (Wildman–Crippen LogP) is 1.56. The molecule has 0 bridgehead atoms. The van der Waals surface area contributed by atoms with E-state index in [1.54, 1.807) is 6.21 Å². The minimum atomic E-state index is 0.161. The standard InChI is InChI=1S/C8H12N2O/c1-11-10-6-8-4-2-3-7(8)5-9/h6-8H,2-4H2,1H3. The Hall–Kier alpha value is -1.04. The first-order valence-electron chi connectivity index (χ1n) is 3.84. The Morgan fingerprint density at radius 3 is 3.09 bits per heavy atom. The Balaban J connectivity index is 2.45. The number of nitrogens with zero attached hydrogens (tertiary/aromatic N) is 2. The van der Waals surface area contributed by atoms with Crippen molar-refractivity contribution in [3.63, 3.8) is 0 Å². The Labute approximate surface area is 66.6 Å². The smallest absolute Gasteiger partial charge is 0.106 e. The molecule has 2 atom stereocenters. The lowest BCUT2D eigenvalue weighted by Gasteiger charge is -2.04. The first-order valence-corrected chi connectivity index (χ1v) is 3.84. The zero-order valence-electron chi connectivity index (χ0n) is 6.66. The summed E-state index contributed by atoms with van der Waals surface area (Å²) in [5, 5.41) is 12.4. The molecule has 1 saturated carbocycles. The van der Waals surface area contributed by atoms with E-state index in [-0.39, 0.29) is 5.92 Å². The van der Waals surface area contributed by atoms with Gasteiger partial charge in [0.15, 0.2) is 0 Å². The minimum Gasteiger partial charge on any atom is -0.399 e. The number of oxime groups is 1. The molecule has 0 radical (unpaired) electrons. The van der Waals surface area contributed by atoms with Crippen LogP contribution in [0.2, 0.25) is 0 Å². The van der Waals surface area contributed by atoms with E-state index in [2.05, 4.69) is 16.1 Å². The van der Waals surface area contributed by atoms with Crippen LogP contribution >= 0.6 is 0 Å². The van der Waals surface area contributed by atoms with Crippen LogP contribution in [0.4, 0.5) is 0 Å². The van der Waals surface area contributed by atoms with Crippen LogP contribution in [0.5, 0.6) is 0 Å². The van der Waals surface area contributed by atoms with E-state index in [1.165, 1.54) is 7.11 Å². The van der Waals surface area contributed by atoms with Crippen molar-refractivity contribution in [1.82, 2.24) is 0 Å².